The molecule has 0 aromatic heterocycles. The highest BCUT2D eigenvalue weighted by atomic mass is 16.5. The molecule has 1 heterocycles. The normalized spacial score (nSPS) is 19.6. The third kappa shape index (κ3) is 7.39. The second-order valence-electron chi connectivity index (χ2n) is 7.40. The van der Waals surface area contributed by atoms with E-state index < -0.39 is 0 Å². The summed E-state index contributed by atoms with van der Waals surface area (Å²) in [5.41, 5.74) is 0. The molecule has 0 atom stereocenters. The van der Waals surface area contributed by atoms with Gasteiger partial charge in [0.25, 0.3) is 0 Å². The van der Waals surface area contributed by atoms with Gasteiger partial charge >= 0.3 is 5.97 Å². The van der Waals surface area contributed by atoms with Crippen molar-refractivity contribution in [3.05, 3.63) is 0 Å². The number of guanidine groups is 1. The van der Waals surface area contributed by atoms with Crippen LogP contribution in [0.2, 0.25) is 0 Å². The molecule has 1 saturated heterocycles. The van der Waals surface area contributed by atoms with Crippen LogP contribution in [0.5, 0.6) is 0 Å². The van der Waals surface area contributed by atoms with Crippen LogP contribution in [0.15, 0.2) is 4.99 Å². The lowest BCUT2D eigenvalue weighted by Crippen LogP contribution is -2.47. The van der Waals surface area contributed by atoms with Crippen molar-refractivity contribution < 1.29 is 14.3 Å². The van der Waals surface area contributed by atoms with Crippen LogP contribution in [0.1, 0.15) is 65.2 Å². The number of likely N-dealkylation sites (tertiary alicyclic amines) is 1. The molecule has 27 heavy (non-hydrogen) atoms. The summed E-state index contributed by atoms with van der Waals surface area (Å²) in [4.78, 5) is 30.8. The lowest BCUT2D eigenvalue weighted by atomic mass is 9.95. The smallest absolute Gasteiger partial charge is 0.309 e. The summed E-state index contributed by atoms with van der Waals surface area (Å²) in [5.74, 6) is 0.844. The summed E-state index contributed by atoms with van der Waals surface area (Å²) in [6.07, 6.45) is 7.92. The lowest BCUT2D eigenvalue weighted by molar-refractivity contribution is -0.149. The van der Waals surface area contributed by atoms with E-state index >= 15 is 0 Å². The molecule has 1 amide bonds. The van der Waals surface area contributed by atoms with Gasteiger partial charge in [-0.25, -0.2) is 0 Å². The van der Waals surface area contributed by atoms with Gasteiger partial charge in [-0.05, 0) is 39.5 Å². The van der Waals surface area contributed by atoms with E-state index in [0.29, 0.717) is 25.6 Å². The Morgan fingerprint density at radius 2 is 1.78 bits per heavy atom. The number of carbonyl (C=O) groups excluding carboxylic acids is 2. The Hall–Kier alpha value is -1.79. The number of rotatable bonds is 7. The molecular weight excluding hydrogens is 344 g/mol. The Morgan fingerprint density at radius 1 is 1.07 bits per heavy atom. The Kier molecular flexibility index (Phi) is 9.42. The van der Waals surface area contributed by atoms with E-state index in [4.69, 9.17) is 4.74 Å². The highest BCUT2D eigenvalue weighted by Gasteiger charge is 2.27. The van der Waals surface area contributed by atoms with Gasteiger partial charge in [-0.1, -0.05) is 19.3 Å². The molecule has 0 radical (unpaired) electrons. The summed E-state index contributed by atoms with van der Waals surface area (Å²) < 4.78 is 5.13. The van der Waals surface area contributed by atoms with E-state index in [0.717, 1.165) is 51.3 Å². The molecule has 1 aliphatic heterocycles. The zero-order valence-corrected chi connectivity index (χ0v) is 17.0. The predicted octanol–water partition coefficient (Wildman–Crippen LogP) is 2.07. The summed E-state index contributed by atoms with van der Waals surface area (Å²) >= 11 is 0. The van der Waals surface area contributed by atoms with Crippen molar-refractivity contribution in [1.29, 1.82) is 0 Å². The molecule has 2 rings (SSSR count). The Bertz CT molecular complexity index is 495. The summed E-state index contributed by atoms with van der Waals surface area (Å²) in [6.45, 7) is 7.15. The Balaban J connectivity index is 1.76. The first-order chi connectivity index (χ1) is 13.1. The minimum Gasteiger partial charge on any atom is -0.466 e. The van der Waals surface area contributed by atoms with Crippen LogP contribution in [0.4, 0.5) is 0 Å². The second kappa shape index (κ2) is 11.8. The van der Waals surface area contributed by atoms with E-state index in [2.05, 4.69) is 20.5 Å². The van der Waals surface area contributed by atoms with Gasteiger partial charge in [0, 0.05) is 32.1 Å². The molecule has 0 bridgehead atoms. The fraction of sp³-hybridized carbons (Fsp3) is 0.850. The first-order valence-corrected chi connectivity index (χ1v) is 10.6. The van der Waals surface area contributed by atoms with Crippen LogP contribution in [0.3, 0.4) is 0 Å². The van der Waals surface area contributed by atoms with Crippen LogP contribution in [0.25, 0.3) is 0 Å². The van der Waals surface area contributed by atoms with Crippen molar-refractivity contribution in [2.24, 2.45) is 10.9 Å². The highest BCUT2D eigenvalue weighted by Crippen LogP contribution is 2.19. The minimum atomic E-state index is -0.0847. The van der Waals surface area contributed by atoms with Crippen molar-refractivity contribution in [3.63, 3.8) is 0 Å². The number of amides is 1. The van der Waals surface area contributed by atoms with Gasteiger partial charge in [0.05, 0.1) is 19.1 Å². The molecule has 1 aliphatic carbocycles. The van der Waals surface area contributed by atoms with Gasteiger partial charge in [0.1, 0.15) is 0 Å². The molecule has 0 aromatic carbocycles. The van der Waals surface area contributed by atoms with Crippen molar-refractivity contribution >= 4 is 17.8 Å². The van der Waals surface area contributed by atoms with E-state index in [9.17, 15) is 9.59 Å². The molecule has 0 spiro atoms. The van der Waals surface area contributed by atoms with E-state index in [-0.39, 0.29) is 17.8 Å². The summed E-state index contributed by atoms with van der Waals surface area (Å²) in [5, 5.41) is 6.45. The second-order valence-corrected chi connectivity index (χ2v) is 7.40. The van der Waals surface area contributed by atoms with Crippen LogP contribution < -0.4 is 10.6 Å². The first kappa shape index (κ1) is 21.5. The number of hydrogen-bond donors (Lipinski definition) is 2. The number of hydrogen-bond acceptors (Lipinski definition) is 4. The number of nitrogens with zero attached hydrogens (tertiary/aromatic N) is 2. The van der Waals surface area contributed by atoms with Crippen LogP contribution >= 0.6 is 0 Å². The molecule has 7 heteroatoms. The Labute approximate surface area is 163 Å². The van der Waals surface area contributed by atoms with Gasteiger partial charge in [0.2, 0.25) is 5.91 Å². The molecule has 154 valence electrons. The SMILES string of the molecule is CCNC(=NCCC(=O)NC1CCCCC1)N1CCC(C(=O)OCC)CC1. The fourth-order valence-corrected chi connectivity index (χ4v) is 3.82. The molecule has 1 saturated carbocycles. The van der Waals surface area contributed by atoms with Gasteiger partial charge in [-0.2, -0.15) is 0 Å². The van der Waals surface area contributed by atoms with Crippen LogP contribution in [0, 0.1) is 5.92 Å². The van der Waals surface area contributed by atoms with Crippen LogP contribution in [-0.2, 0) is 14.3 Å². The maximum absolute atomic E-state index is 12.1. The highest BCUT2D eigenvalue weighted by molar-refractivity contribution is 5.81. The van der Waals surface area contributed by atoms with E-state index in [1.54, 1.807) is 0 Å². The fourth-order valence-electron chi connectivity index (χ4n) is 3.82. The zero-order valence-electron chi connectivity index (χ0n) is 17.0. The van der Waals surface area contributed by atoms with Crippen molar-refractivity contribution in [2.45, 2.75) is 71.3 Å². The number of aliphatic imine (C=N–C) groups is 1. The van der Waals surface area contributed by atoms with Gasteiger partial charge < -0.3 is 20.3 Å². The molecule has 2 fully saturated rings. The maximum Gasteiger partial charge on any atom is 0.309 e. The number of ether oxygens (including phenoxy) is 1. The van der Waals surface area contributed by atoms with Gasteiger partial charge in [0.15, 0.2) is 5.96 Å². The first-order valence-electron chi connectivity index (χ1n) is 10.6. The zero-order chi connectivity index (χ0) is 19.5. The predicted molar refractivity (Wildman–Crippen MR) is 107 cm³/mol. The van der Waals surface area contributed by atoms with Crippen molar-refractivity contribution in [3.8, 4) is 0 Å². The standard InChI is InChI=1S/C20H36N4O3/c1-3-21-20(24-14-11-16(12-15-24)19(26)27-4-2)22-13-10-18(25)23-17-8-6-5-7-9-17/h16-17H,3-15H2,1-2H3,(H,21,22)(H,23,25). The van der Waals surface area contributed by atoms with Crippen LogP contribution in [-0.4, -0.2) is 61.6 Å². The van der Waals surface area contributed by atoms with E-state index in [1.807, 2.05) is 13.8 Å². The molecule has 2 N–H and O–H groups in total. The topological polar surface area (TPSA) is 83.0 Å². The van der Waals surface area contributed by atoms with Crippen molar-refractivity contribution in [2.75, 3.05) is 32.8 Å². The third-order valence-electron chi connectivity index (χ3n) is 5.32. The van der Waals surface area contributed by atoms with E-state index in [1.165, 1.54) is 19.3 Å². The average molecular weight is 381 g/mol. The third-order valence-corrected chi connectivity index (χ3v) is 5.32. The maximum atomic E-state index is 12.1. The number of piperidine rings is 1. The number of nitrogens with one attached hydrogen (secondary N) is 2. The number of esters is 1. The van der Waals surface area contributed by atoms with Gasteiger partial charge in [-0.3, -0.25) is 14.6 Å². The average Bonchev–Trinajstić information content (AvgIpc) is 2.68. The minimum absolute atomic E-state index is 0.00894. The monoisotopic (exact) mass is 380 g/mol. The molecular formula is C20H36N4O3. The number of carbonyl (C=O) groups is 2. The largest absolute Gasteiger partial charge is 0.466 e. The Morgan fingerprint density at radius 3 is 2.41 bits per heavy atom. The molecule has 0 aromatic rings. The summed E-state index contributed by atoms with van der Waals surface area (Å²) in [7, 11) is 0. The van der Waals surface area contributed by atoms with Crippen molar-refractivity contribution in [1.82, 2.24) is 15.5 Å². The van der Waals surface area contributed by atoms with Gasteiger partial charge in [-0.15, -0.1) is 0 Å². The molecule has 2 aliphatic rings. The summed E-state index contributed by atoms with van der Waals surface area (Å²) in [6, 6.07) is 0.352. The lowest BCUT2D eigenvalue weighted by Gasteiger charge is -2.33. The molecule has 7 nitrogen and oxygen atoms in total. The quantitative estimate of drug-likeness (QED) is 0.401. The molecule has 0 unspecified atom stereocenters.